The van der Waals surface area contributed by atoms with E-state index in [0.717, 1.165) is 6.07 Å². The Morgan fingerprint density at radius 2 is 2.00 bits per heavy atom. The molecule has 0 fully saturated rings. The van der Waals surface area contributed by atoms with Gasteiger partial charge in [-0.15, -0.1) is 0 Å². The van der Waals surface area contributed by atoms with E-state index in [1.165, 1.54) is 18.6 Å². The third-order valence-corrected chi connectivity index (χ3v) is 2.50. The minimum atomic E-state index is -0.799. The van der Waals surface area contributed by atoms with Gasteiger partial charge in [-0.1, -0.05) is 0 Å². The number of halogens is 2. The van der Waals surface area contributed by atoms with Crippen LogP contribution in [0.3, 0.4) is 0 Å². The van der Waals surface area contributed by atoms with Gasteiger partial charge in [-0.2, -0.15) is 0 Å². The lowest BCUT2D eigenvalue weighted by Gasteiger charge is -2.02. The summed E-state index contributed by atoms with van der Waals surface area (Å²) in [7, 11) is 0. The van der Waals surface area contributed by atoms with Gasteiger partial charge in [0.25, 0.3) is 0 Å². The van der Waals surface area contributed by atoms with E-state index in [4.69, 9.17) is 5.73 Å². The molecule has 0 spiro atoms. The molecular formula is C11H7F2N5. The Balaban J connectivity index is 2.22. The molecule has 7 heteroatoms. The normalized spacial score (nSPS) is 11.0. The Morgan fingerprint density at radius 3 is 2.78 bits per heavy atom. The Morgan fingerprint density at radius 1 is 1.17 bits per heavy atom. The van der Waals surface area contributed by atoms with Crippen molar-refractivity contribution in [3.8, 4) is 11.4 Å². The average molecular weight is 247 g/mol. The number of aromatic amines is 1. The van der Waals surface area contributed by atoms with Gasteiger partial charge < -0.3 is 10.7 Å². The van der Waals surface area contributed by atoms with E-state index in [1.54, 1.807) is 0 Å². The highest BCUT2D eigenvalue weighted by molar-refractivity contribution is 5.75. The van der Waals surface area contributed by atoms with E-state index in [0.29, 0.717) is 11.2 Å². The van der Waals surface area contributed by atoms with Crippen molar-refractivity contribution in [2.24, 2.45) is 0 Å². The van der Waals surface area contributed by atoms with Gasteiger partial charge in [-0.3, -0.25) is 0 Å². The SMILES string of the molecule is Nc1cc(-c2nc3ncncc3[nH]2)c(F)cc1F. The minimum absolute atomic E-state index is 0.0897. The van der Waals surface area contributed by atoms with Gasteiger partial charge in [-0.05, 0) is 6.07 Å². The second-order valence-electron chi connectivity index (χ2n) is 3.70. The highest BCUT2D eigenvalue weighted by Gasteiger charge is 2.13. The number of hydrogen-bond donors (Lipinski definition) is 2. The zero-order chi connectivity index (χ0) is 12.7. The fourth-order valence-corrected chi connectivity index (χ4v) is 1.64. The first-order chi connectivity index (χ1) is 8.65. The smallest absolute Gasteiger partial charge is 0.181 e. The molecule has 1 aromatic carbocycles. The molecule has 3 rings (SSSR count). The first-order valence-corrected chi connectivity index (χ1v) is 5.06. The number of nitrogen functional groups attached to an aromatic ring is 1. The fourth-order valence-electron chi connectivity index (χ4n) is 1.64. The summed E-state index contributed by atoms with van der Waals surface area (Å²) in [6, 6.07) is 1.92. The molecule has 5 nitrogen and oxygen atoms in total. The standard InChI is InChI=1S/C11H7F2N5/c12-6-2-7(13)8(14)1-5(6)10-17-9-3-15-4-16-11(9)18-10/h1-4H,14H2,(H,15,16,17,18). The van der Waals surface area contributed by atoms with Crippen molar-refractivity contribution >= 4 is 16.9 Å². The molecule has 90 valence electrons. The molecule has 18 heavy (non-hydrogen) atoms. The molecule has 3 aromatic rings. The van der Waals surface area contributed by atoms with Crippen LogP contribution in [0.5, 0.6) is 0 Å². The predicted molar refractivity (Wildman–Crippen MR) is 61.4 cm³/mol. The molecule has 0 atom stereocenters. The molecule has 3 N–H and O–H groups in total. The molecule has 0 aliphatic carbocycles. The number of nitrogens with one attached hydrogen (secondary N) is 1. The average Bonchev–Trinajstić information content (AvgIpc) is 2.77. The van der Waals surface area contributed by atoms with Gasteiger partial charge in [-0.25, -0.2) is 23.7 Å². The summed E-state index contributed by atoms with van der Waals surface area (Å²) in [5.74, 6) is -1.31. The number of nitrogens with zero attached hydrogens (tertiary/aromatic N) is 3. The molecule has 2 aromatic heterocycles. The van der Waals surface area contributed by atoms with Crippen LogP contribution in [-0.2, 0) is 0 Å². The summed E-state index contributed by atoms with van der Waals surface area (Å²) in [6.45, 7) is 0. The van der Waals surface area contributed by atoms with Crippen molar-refractivity contribution in [3.05, 3.63) is 36.3 Å². The third-order valence-electron chi connectivity index (χ3n) is 2.50. The fraction of sp³-hybridized carbons (Fsp3) is 0. The number of imidazole rings is 1. The van der Waals surface area contributed by atoms with Crippen molar-refractivity contribution in [1.29, 1.82) is 0 Å². The van der Waals surface area contributed by atoms with Crippen LogP contribution in [0.2, 0.25) is 0 Å². The second-order valence-corrected chi connectivity index (χ2v) is 3.70. The largest absolute Gasteiger partial charge is 0.396 e. The Kier molecular flexibility index (Phi) is 2.19. The van der Waals surface area contributed by atoms with Crippen LogP contribution in [0.25, 0.3) is 22.6 Å². The van der Waals surface area contributed by atoms with Crippen molar-refractivity contribution in [2.45, 2.75) is 0 Å². The third kappa shape index (κ3) is 1.56. The minimum Gasteiger partial charge on any atom is -0.396 e. The molecule has 0 radical (unpaired) electrons. The number of anilines is 1. The molecular weight excluding hydrogens is 240 g/mol. The maximum absolute atomic E-state index is 13.7. The summed E-state index contributed by atoms with van der Waals surface area (Å²) >= 11 is 0. The highest BCUT2D eigenvalue weighted by Crippen LogP contribution is 2.25. The van der Waals surface area contributed by atoms with E-state index in [2.05, 4.69) is 19.9 Å². The summed E-state index contributed by atoms with van der Waals surface area (Å²) < 4.78 is 26.7. The first kappa shape index (κ1) is 10.6. The van der Waals surface area contributed by atoms with Crippen molar-refractivity contribution in [2.75, 3.05) is 5.73 Å². The summed E-state index contributed by atoms with van der Waals surface area (Å²) in [4.78, 5) is 14.7. The number of hydrogen-bond acceptors (Lipinski definition) is 4. The van der Waals surface area contributed by atoms with E-state index in [-0.39, 0.29) is 17.1 Å². The molecule has 0 unspecified atom stereocenters. The molecule has 0 bridgehead atoms. The number of benzene rings is 1. The number of rotatable bonds is 1. The predicted octanol–water partition coefficient (Wildman–Crippen LogP) is 1.88. The molecule has 0 saturated carbocycles. The van der Waals surface area contributed by atoms with E-state index in [1.807, 2.05) is 0 Å². The maximum Gasteiger partial charge on any atom is 0.181 e. The van der Waals surface area contributed by atoms with Crippen LogP contribution < -0.4 is 5.73 Å². The van der Waals surface area contributed by atoms with Crippen LogP contribution in [0.1, 0.15) is 0 Å². The van der Waals surface area contributed by atoms with Crippen molar-refractivity contribution in [3.63, 3.8) is 0 Å². The lowest BCUT2D eigenvalue weighted by Crippen LogP contribution is -1.95. The van der Waals surface area contributed by atoms with Crippen LogP contribution in [0, 0.1) is 11.6 Å². The summed E-state index contributed by atoms with van der Waals surface area (Å²) in [6.07, 6.45) is 2.85. The number of aromatic nitrogens is 4. The van der Waals surface area contributed by atoms with Gasteiger partial charge in [0.1, 0.15) is 29.3 Å². The highest BCUT2D eigenvalue weighted by atomic mass is 19.1. The van der Waals surface area contributed by atoms with Crippen molar-refractivity contribution < 1.29 is 8.78 Å². The molecule has 0 aliphatic rings. The summed E-state index contributed by atoms with van der Waals surface area (Å²) in [5, 5.41) is 0. The number of H-pyrrole nitrogens is 1. The lowest BCUT2D eigenvalue weighted by molar-refractivity contribution is 0.588. The zero-order valence-corrected chi connectivity index (χ0v) is 8.98. The van der Waals surface area contributed by atoms with Gasteiger partial charge in [0.05, 0.1) is 17.4 Å². The number of nitrogens with two attached hydrogens (primary N) is 1. The van der Waals surface area contributed by atoms with E-state index >= 15 is 0 Å². The topological polar surface area (TPSA) is 80.5 Å². The molecule has 0 saturated heterocycles. The van der Waals surface area contributed by atoms with E-state index < -0.39 is 11.6 Å². The van der Waals surface area contributed by atoms with Crippen LogP contribution >= 0.6 is 0 Å². The first-order valence-electron chi connectivity index (χ1n) is 5.06. The van der Waals surface area contributed by atoms with Crippen LogP contribution in [0.4, 0.5) is 14.5 Å². The second kappa shape index (κ2) is 3.73. The molecule has 0 aliphatic heterocycles. The summed E-state index contributed by atoms with van der Waals surface area (Å²) in [5.41, 5.74) is 6.33. The van der Waals surface area contributed by atoms with E-state index in [9.17, 15) is 8.78 Å². The number of fused-ring (bicyclic) bond motifs is 1. The lowest BCUT2D eigenvalue weighted by atomic mass is 10.1. The van der Waals surface area contributed by atoms with Crippen molar-refractivity contribution in [1.82, 2.24) is 19.9 Å². The quantitative estimate of drug-likeness (QED) is 0.643. The van der Waals surface area contributed by atoms with Gasteiger partial charge in [0.2, 0.25) is 0 Å². The monoisotopic (exact) mass is 247 g/mol. The zero-order valence-electron chi connectivity index (χ0n) is 8.98. The van der Waals surface area contributed by atoms with Gasteiger partial charge in [0, 0.05) is 6.07 Å². The van der Waals surface area contributed by atoms with Gasteiger partial charge in [0.15, 0.2) is 5.65 Å². The van der Waals surface area contributed by atoms with Crippen LogP contribution in [0.15, 0.2) is 24.7 Å². The Hall–Kier alpha value is -2.57. The molecule has 0 amide bonds. The van der Waals surface area contributed by atoms with Crippen LogP contribution in [-0.4, -0.2) is 19.9 Å². The Labute approximate surface area is 99.7 Å². The Bertz CT molecular complexity index is 704. The molecule has 2 heterocycles. The maximum atomic E-state index is 13.7. The van der Waals surface area contributed by atoms with Gasteiger partial charge >= 0.3 is 0 Å².